The molecular weight excluding hydrogens is 367 g/mol. The van der Waals surface area contributed by atoms with Crippen molar-refractivity contribution in [3.63, 3.8) is 0 Å². The van der Waals surface area contributed by atoms with Crippen LogP contribution in [0.4, 0.5) is 13.2 Å². The number of alkyl halides is 2. The van der Waals surface area contributed by atoms with Gasteiger partial charge in [-0.25, -0.2) is 12.8 Å². The van der Waals surface area contributed by atoms with E-state index in [0.29, 0.717) is 5.56 Å². The zero-order chi connectivity index (χ0) is 18.9. The molecule has 2 aromatic rings. The number of rotatable bonds is 6. The van der Waals surface area contributed by atoms with E-state index in [1.807, 2.05) is 0 Å². The second-order valence-corrected chi connectivity index (χ2v) is 8.04. The van der Waals surface area contributed by atoms with Crippen LogP contribution < -0.4 is 0 Å². The number of hydrogen-bond acceptors (Lipinski definition) is 3. The van der Waals surface area contributed by atoms with E-state index in [1.54, 1.807) is 17.0 Å². The summed E-state index contributed by atoms with van der Waals surface area (Å²) in [4.78, 5) is 13.8. The van der Waals surface area contributed by atoms with Gasteiger partial charge in [0.05, 0.1) is 4.90 Å². The Morgan fingerprint density at radius 1 is 1.12 bits per heavy atom. The van der Waals surface area contributed by atoms with Gasteiger partial charge in [0.25, 0.3) is 5.91 Å². The van der Waals surface area contributed by atoms with Crippen LogP contribution >= 0.6 is 0 Å². The molecule has 1 aliphatic carbocycles. The van der Waals surface area contributed by atoms with E-state index in [1.165, 1.54) is 24.3 Å². The number of nitrogens with zero attached hydrogens (tertiary/aromatic N) is 1. The lowest BCUT2D eigenvalue weighted by Crippen LogP contribution is -2.32. The van der Waals surface area contributed by atoms with Gasteiger partial charge < -0.3 is 4.90 Å². The van der Waals surface area contributed by atoms with E-state index in [4.69, 9.17) is 0 Å². The smallest absolute Gasteiger partial charge is 0.331 e. The van der Waals surface area contributed by atoms with Gasteiger partial charge in [-0.3, -0.25) is 4.79 Å². The number of carbonyl (C=O) groups excluding carboxylic acids is 1. The summed E-state index contributed by atoms with van der Waals surface area (Å²) in [5.41, 5.74) is 0.837. The third kappa shape index (κ3) is 3.90. The first kappa shape index (κ1) is 18.4. The van der Waals surface area contributed by atoms with E-state index in [-0.39, 0.29) is 24.1 Å². The zero-order valence-electron chi connectivity index (χ0n) is 13.6. The highest BCUT2D eigenvalue weighted by atomic mass is 32.2. The lowest BCUT2D eigenvalue weighted by molar-refractivity contribution is 0.0729. The Hall–Kier alpha value is -2.35. The molecule has 0 heterocycles. The minimum atomic E-state index is -4.70. The SMILES string of the molecule is O=C(c1ccc(S(=O)(=O)C(F)F)cc1)N(Cc1cccc(F)c1)C1CC1. The molecule has 1 amide bonds. The average molecular weight is 383 g/mol. The summed E-state index contributed by atoms with van der Waals surface area (Å²) >= 11 is 0. The van der Waals surface area contributed by atoms with Gasteiger partial charge >= 0.3 is 5.76 Å². The summed E-state index contributed by atoms with van der Waals surface area (Å²) in [6.07, 6.45) is 1.66. The summed E-state index contributed by atoms with van der Waals surface area (Å²) in [6, 6.07) is 10.4. The summed E-state index contributed by atoms with van der Waals surface area (Å²) in [7, 11) is -4.70. The maximum Gasteiger partial charge on any atom is 0.341 e. The molecule has 0 atom stereocenters. The Morgan fingerprint density at radius 2 is 1.77 bits per heavy atom. The van der Waals surface area contributed by atoms with Crippen molar-refractivity contribution < 1.29 is 26.4 Å². The molecule has 1 aliphatic rings. The lowest BCUT2D eigenvalue weighted by atomic mass is 10.1. The van der Waals surface area contributed by atoms with Crippen molar-refractivity contribution in [3.8, 4) is 0 Å². The summed E-state index contributed by atoms with van der Waals surface area (Å²) in [5, 5.41) is 0. The molecule has 0 spiro atoms. The Kier molecular flexibility index (Phi) is 5.04. The quantitative estimate of drug-likeness (QED) is 0.766. The van der Waals surface area contributed by atoms with Crippen molar-refractivity contribution in [2.45, 2.75) is 36.1 Å². The molecule has 26 heavy (non-hydrogen) atoms. The molecule has 0 bridgehead atoms. The molecule has 0 unspecified atom stereocenters. The number of carbonyl (C=O) groups is 1. The van der Waals surface area contributed by atoms with Crippen LogP contribution in [0.5, 0.6) is 0 Å². The van der Waals surface area contributed by atoms with Crippen LogP contribution in [-0.4, -0.2) is 31.0 Å². The fourth-order valence-corrected chi connectivity index (χ4v) is 3.36. The number of hydrogen-bond donors (Lipinski definition) is 0. The molecule has 2 aromatic carbocycles. The maximum atomic E-state index is 13.4. The first-order valence-corrected chi connectivity index (χ1v) is 9.51. The van der Waals surface area contributed by atoms with Crippen LogP contribution in [0.3, 0.4) is 0 Å². The zero-order valence-corrected chi connectivity index (χ0v) is 14.4. The Morgan fingerprint density at radius 3 is 2.31 bits per heavy atom. The monoisotopic (exact) mass is 383 g/mol. The minimum Gasteiger partial charge on any atom is -0.331 e. The van der Waals surface area contributed by atoms with Gasteiger partial charge in [0.1, 0.15) is 5.82 Å². The third-order valence-corrected chi connectivity index (χ3v) is 5.55. The molecule has 0 aliphatic heterocycles. The van der Waals surface area contributed by atoms with Crippen LogP contribution in [0.2, 0.25) is 0 Å². The molecule has 4 nitrogen and oxygen atoms in total. The Bertz CT molecular complexity index is 910. The normalized spacial score (nSPS) is 14.5. The van der Waals surface area contributed by atoms with E-state index in [9.17, 15) is 26.4 Å². The predicted octanol–water partition coefficient (Wildman–Crippen LogP) is 3.63. The first-order chi connectivity index (χ1) is 12.3. The second-order valence-electron chi connectivity index (χ2n) is 6.12. The van der Waals surface area contributed by atoms with Crippen LogP contribution in [0.1, 0.15) is 28.8 Å². The molecule has 8 heteroatoms. The second kappa shape index (κ2) is 7.11. The van der Waals surface area contributed by atoms with Gasteiger partial charge in [0.2, 0.25) is 9.84 Å². The Labute approximate surface area is 149 Å². The van der Waals surface area contributed by atoms with Gasteiger partial charge in [0, 0.05) is 18.2 Å². The molecule has 0 saturated heterocycles. The highest BCUT2D eigenvalue weighted by Gasteiger charge is 2.33. The number of amides is 1. The van der Waals surface area contributed by atoms with Gasteiger partial charge in [-0.05, 0) is 54.8 Å². The van der Waals surface area contributed by atoms with Crippen LogP contribution in [-0.2, 0) is 16.4 Å². The van der Waals surface area contributed by atoms with E-state index in [2.05, 4.69) is 0 Å². The molecule has 3 rings (SSSR count). The first-order valence-electron chi connectivity index (χ1n) is 7.96. The van der Waals surface area contributed by atoms with Crippen molar-refractivity contribution >= 4 is 15.7 Å². The van der Waals surface area contributed by atoms with Crippen molar-refractivity contribution in [2.75, 3.05) is 0 Å². The summed E-state index contributed by atoms with van der Waals surface area (Å²) in [6.45, 7) is 0.221. The minimum absolute atomic E-state index is 0.0373. The van der Waals surface area contributed by atoms with Gasteiger partial charge in [-0.15, -0.1) is 0 Å². The van der Waals surface area contributed by atoms with E-state index >= 15 is 0 Å². The van der Waals surface area contributed by atoms with E-state index in [0.717, 1.165) is 25.0 Å². The summed E-state index contributed by atoms with van der Waals surface area (Å²) < 4.78 is 61.4. The average Bonchev–Trinajstić information content (AvgIpc) is 3.44. The van der Waals surface area contributed by atoms with Gasteiger partial charge in [-0.1, -0.05) is 12.1 Å². The highest BCUT2D eigenvalue weighted by molar-refractivity contribution is 7.91. The van der Waals surface area contributed by atoms with Crippen molar-refractivity contribution in [3.05, 3.63) is 65.5 Å². The number of halogens is 3. The van der Waals surface area contributed by atoms with Crippen molar-refractivity contribution in [1.82, 2.24) is 4.90 Å². The van der Waals surface area contributed by atoms with Crippen LogP contribution in [0.25, 0.3) is 0 Å². The highest BCUT2D eigenvalue weighted by Crippen LogP contribution is 2.30. The fraction of sp³-hybridized carbons (Fsp3) is 0.278. The Balaban J connectivity index is 1.82. The third-order valence-electron chi connectivity index (χ3n) is 4.15. The van der Waals surface area contributed by atoms with Gasteiger partial charge in [0.15, 0.2) is 0 Å². The van der Waals surface area contributed by atoms with Crippen LogP contribution in [0.15, 0.2) is 53.4 Å². The fourth-order valence-electron chi connectivity index (χ4n) is 2.64. The molecular formula is C18H16F3NO3S. The van der Waals surface area contributed by atoms with Crippen molar-refractivity contribution in [2.24, 2.45) is 0 Å². The molecule has 1 fully saturated rings. The summed E-state index contributed by atoms with van der Waals surface area (Å²) in [5.74, 6) is -4.26. The lowest BCUT2D eigenvalue weighted by Gasteiger charge is -2.23. The van der Waals surface area contributed by atoms with E-state index < -0.39 is 26.3 Å². The van der Waals surface area contributed by atoms with Gasteiger partial charge in [-0.2, -0.15) is 8.78 Å². The maximum absolute atomic E-state index is 13.4. The molecule has 0 aromatic heterocycles. The van der Waals surface area contributed by atoms with Crippen LogP contribution in [0, 0.1) is 5.82 Å². The van der Waals surface area contributed by atoms with Crippen molar-refractivity contribution in [1.29, 1.82) is 0 Å². The predicted molar refractivity (Wildman–Crippen MR) is 88.9 cm³/mol. The topological polar surface area (TPSA) is 54.5 Å². The largest absolute Gasteiger partial charge is 0.341 e. The number of benzene rings is 2. The standard InChI is InChI=1S/C18H16F3NO3S/c19-14-3-1-2-12(10-14)11-22(15-6-7-15)17(23)13-4-8-16(9-5-13)26(24,25)18(20)21/h1-5,8-10,15,18H,6-7,11H2. The molecule has 0 N–H and O–H groups in total. The molecule has 138 valence electrons. The molecule has 1 saturated carbocycles. The molecule has 0 radical (unpaired) electrons. The number of sulfone groups is 1.